The van der Waals surface area contributed by atoms with E-state index in [-0.39, 0.29) is 0 Å². The molecule has 0 bridgehead atoms. The minimum Gasteiger partial charge on any atom is -0.390 e. The van der Waals surface area contributed by atoms with Crippen molar-refractivity contribution < 1.29 is 5.11 Å². The summed E-state index contributed by atoms with van der Waals surface area (Å²) in [5.74, 6) is 2.48. The first-order chi connectivity index (χ1) is 9.37. The normalized spacial score (nSPS) is 22.1. The predicted octanol–water partition coefficient (Wildman–Crippen LogP) is 3.78. The van der Waals surface area contributed by atoms with Gasteiger partial charge in [-0.3, -0.25) is 0 Å². The molecule has 1 aliphatic carbocycles. The minimum atomic E-state index is -0.567. The van der Waals surface area contributed by atoms with Crippen molar-refractivity contribution in [2.24, 2.45) is 5.92 Å². The lowest BCUT2D eigenvalue weighted by molar-refractivity contribution is 0.107. The van der Waals surface area contributed by atoms with Crippen molar-refractivity contribution in [3.63, 3.8) is 0 Å². The smallest absolute Gasteiger partial charge is 0.0681 e. The summed E-state index contributed by atoms with van der Waals surface area (Å²) in [5, 5.41) is 13.4. The zero-order valence-corrected chi connectivity index (χ0v) is 14.9. The number of benzene rings is 1. The van der Waals surface area contributed by atoms with Crippen LogP contribution in [0.2, 0.25) is 0 Å². The minimum absolute atomic E-state index is 0.463. The van der Waals surface area contributed by atoms with E-state index < -0.39 is 5.60 Å². The highest BCUT2D eigenvalue weighted by Gasteiger charge is 2.28. The van der Waals surface area contributed by atoms with Crippen molar-refractivity contribution >= 4 is 27.7 Å². The van der Waals surface area contributed by atoms with Gasteiger partial charge in [0.25, 0.3) is 0 Å². The molecule has 1 aliphatic rings. The van der Waals surface area contributed by atoms with Crippen molar-refractivity contribution in [3.05, 3.63) is 33.8 Å². The highest BCUT2D eigenvalue weighted by molar-refractivity contribution is 9.10. The quantitative estimate of drug-likeness (QED) is 0.760. The number of hydrogen-bond acceptors (Lipinski definition) is 3. The van der Waals surface area contributed by atoms with Crippen molar-refractivity contribution in [2.75, 3.05) is 18.1 Å². The SMILES string of the molecule is C[C@@H]1Cc2ccc(Br)cc2[C@H]1NCCSCC(C)(C)O. The van der Waals surface area contributed by atoms with Gasteiger partial charge in [-0.2, -0.15) is 11.8 Å². The van der Waals surface area contributed by atoms with Crippen LogP contribution in [0.15, 0.2) is 22.7 Å². The number of halogens is 1. The van der Waals surface area contributed by atoms with Crippen molar-refractivity contribution in [2.45, 2.75) is 38.8 Å². The van der Waals surface area contributed by atoms with E-state index >= 15 is 0 Å². The van der Waals surface area contributed by atoms with Crippen LogP contribution in [0, 0.1) is 5.92 Å². The van der Waals surface area contributed by atoms with Gasteiger partial charge in [-0.05, 0) is 49.4 Å². The van der Waals surface area contributed by atoms with Gasteiger partial charge in [-0.25, -0.2) is 0 Å². The number of thioether (sulfide) groups is 1. The zero-order chi connectivity index (χ0) is 14.8. The molecule has 0 aliphatic heterocycles. The van der Waals surface area contributed by atoms with Crippen LogP contribution in [0.5, 0.6) is 0 Å². The summed E-state index contributed by atoms with van der Waals surface area (Å²) in [6.07, 6.45) is 1.16. The molecule has 0 aromatic heterocycles. The number of rotatable bonds is 6. The number of hydrogen-bond donors (Lipinski definition) is 2. The van der Waals surface area contributed by atoms with E-state index in [2.05, 4.69) is 46.4 Å². The summed E-state index contributed by atoms with van der Waals surface area (Å²) in [5.41, 5.74) is 2.35. The van der Waals surface area contributed by atoms with E-state index in [1.807, 2.05) is 25.6 Å². The van der Waals surface area contributed by atoms with Crippen LogP contribution >= 0.6 is 27.7 Å². The van der Waals surface area contributed by atoms with Gasteiger partial charge in [0.15, 0.2) is 0 Å². The maximum Gasteiger partial charge on any atom is 0.0681 e. The molecule has 2 atom stereocenters. The summed E-state index contributed by atoms with van der Waals surface area (Å²) >= 11 is 5.37. The number of nitrogens with one attached hydrogen (secondary N) is 1. The summed E-state index contributed by atoms with van der Waals surface area (Å²) in [4.78, 5) is 0. The van der Waals surface area contributed by atoms with E-state index in [1.165, 1.54) is 11.1 Å². The van der Waals surface area contributed by atoms with Crippen LogP contribution in [0.3, 0.4) is 0 Å². The van der Waals surface area contributed by atoms with Gasteiger partial charge in [0, 0.05) is 28.6 Å². The largest absolute Gasteiger partial charge is 0.390 e. The molecule has 2 N–H and O–H groups in total. The lowest BCUT2D eigenvalue weighted by Crippen LogP contribution is -2.27. The van der Waals surface area contributed by atoms with E-state index in [0.717, 1.165) is 28.9 Å². The van der Waals surface area contributed by atoms with Crippen molar-refractivity contribution in [1.82, 2.24) is 5.32 Å². The van der Waals surface area contributed by atoms with Crippen LogP contribution < -0.4 is 5.32 Å². The molecule has 4 heteroatoms. The zero-order valence-electron chi connectivity index (χ0n) is 12.4. The van der Waals surface area contributed by atoms with E-state index in [0.29, 0.717) is 12.0 Å². The summed E-state index contributed by atoms with van der Waals surface area (Å²) < 4.78 is 1.16. The Morgan fingerprint density at radius 1 is 1.45 bits per heavy atom. The monoisotopic (exact) mass is 357 g/mol. The Morgan fingerprint density at radius 2 is 2.20 bits per heavy atom. The second kappa shape index (κ2) is 6.82. The summed E-state index contributed by atoms with van der Waals surface area (Å²) in [7, 11) is 0. The Bertz CT molecular complexity index is 458. The van der Waals surface area contributed by atoms with Crippen molar-refractivity contribution in [3.8, 4) is 0 Å². The van der Waals surface area contributed by atoms with Crippen LogP contribution in [0.25, 0.3) is 0 Å². The third-order valence-electron chi connectivity index (χ3n) is 3.62. The Hall–Kier alpha value is -0.0300. The highest BCUT2D eigenvalue weighted by atomic mass is 79.9. The molecule has 2 nitrogen and oxygen atoms in total. The molecule has 20 heavy (non-hydrogen) atoms. The molecular formula is C16H24BrNOS. The van der Waals surface area contributed by atoms with Crippen molar-refractivity contribution in [1.29, 1.82) is 0 Å². The first-order valence-corrected chi connectivity index (χ1v) is 9.13. The first-order valence-electron chi connectivity index (χ1n) is 7.18. The van der Waals surface area contributed by atoms with Gasteiger partial charge < -0.3 is 10.4 Å². The molecule has 0 saturated carbocycles. The van der Waals surface area contributed by atoms with Gasteiger partial charge in [0.05, 0.1) is 5.60 Å². The van der Waals surface area contributed by atoms with Gasteiger partial charge in [0.2, 0.25) is 0 Å². The molecule has 112 valence electrons. The summed E-state index contributed by atoms with van der Waals surface area (Å²) in [6, 6.07) is 7.08. The highest BCUT2D eigenvalue weighted by Crippen LogP contribution is 2.37. The molecule has 0 heterocycles. The Balaban J connectivity index is 1.83. The molecule has 1 aromatic carbocycles. The maximum atomic E-state index is 9.68. The molecule has 0 spiro atoms. The third-order valence-corrected chi connectivity index (χ3v) is 5.52. The van der Waals surface area contributed by atoms with Crippen LogP contribution in [0.1, 0.15) is 37.9 Å². The van der Waals surface area contributed by atoms with Gasteiger partial charge in [-0.1, -0.05) is 28.9 Å². The predicted molar refractivity (Wildman–Crippen MR) is 91.4 cm³/mol. The van der Waals surface area contributed by atoms with E-state index in [1.54, 1.807) is 0 Å². The Labute approximate surface area is 134 Å². The standard InChI is InChI=1S/C16H24BrNOS/c1-11-8-12-4-5-13(17)9-14(12)15(11)18-6-7-20-10-16(2,3)19/h4-5,9,11,15,18-19H,6-8,10H2,1-3H3/t11-,15+/m1/s1. The second-order valence-corrected chi connectivity index (χ2v) is 8.34. The Kier molecular flexibility index (Phi) is 5.57. The molecule has 0 saturated heterocycles. The van der Waals surface area contributed by atoms with Gasteiger partial charge in [0.1, 0.15) is 0 Å². The third kappa shape index (κ3) is 4.48. The molecule has 1 aromatic rings. The van der Waals surface area contributed by atoms with E-state index in [4.69, 9.17) is 0 Å². The summed E-state index contributed by atoms with van der Waals surface area (Å²) in [6.45, 7) is 7.03. The van der Waals surface area contributed by atoms with Crippen LogP contribution in [-0.4, -0.2) is 28.8 Å². The average molecular weight is 358 g/mol. The molecule has 0 amide bonds. The van der Waals surface area contributed by atoms with Crippen LogP contribution in [0.4, 0.5) is 0 Å². The van der Waals surface area contributed by atoms with Crippen LogP contribution in [-0.2, 0) is 6.42 Å². The molecule has 2 rings (SSSR count). The number of fused-ring (bicyclic) bond motifs is 1. The first kappa shape index (κ1) is 16.3. The Morgan fingerprint density at radius 3 is 2.90 bits per heavy atom. The second-order valence-electron chi connectivity index (χ2n) is 6.32. The fourth-order valence-corrected chi connectivity index (χ4v) is 4.02. The fraction of sp³-hybridized carbons (Fsp3) is 0.625. The van der Waals surface area contributed by atoms with Gasteiger partial charge >= 0.3 is 0 Å². The molecular weight excluding hydrogens is 334 g/mol. The molecule has 0 unspecified atom stereocenters. The molecule has 0 fully saturated rings. The van der Waals surface area contributed by atoms with E-state index in [9.17, 15) is 5.11 Å². The lowest BCUT2D eigenvalue weighted by Gasteiger charge is -2.20. The maximum absolute atomic E-state index is 9.68. The lowest BCUT2D eigenvalue weighted by atomic mass is 10.0. The molecule has 0 radical (unpaired) electrons. The topological polar surface area (TPSA) is 32.3 Å². The average Bonchev–Trinajstić information content (AvgIpc) is 2.64. The fourth-order valence-electron chi connectivity index (χ4n) is 2.73. The van der Waals surface area contributed by atoms with Gasteiger partial charge in [-0.15, -0.1) is 0 Å². The number of aliphatic hydroxyl groups is 1.